The molecule has 1 fully saturated rings. The third-order valence-corrected chi connectivity index (χ3v) is 5.00. The molecule has 1 N–H and O–H groups in total. The first-order chi connectivity index (χ1) is 9.74. The lowest BCUT2D eigenvalue weighted by Gasteiger charge is -2.34. The highest BCUT2D eigenvalue weighted by molar-refractivity contribution is 7.12. The maximum absolute atomic E-state index is 12.4. The van der Waals surface area contributed by atoms with Gasteiger partial charge in [0.1, 0.15) is 0 Å². The lowest BCUT2D eigenvalue weighted by Crippen LogP contribution is -2.46. The van der Waals surface area contributed by atoms with Crippen LogP contribution in [-0.2, 0) is 0 Å². The van der Waals surface area contributed by atoms with Gasteiger partial charge in [-0.3, -0.25) is 4.90 Å². The second-order valence-corrected chi connectivity index (χ2v) is 7.38. The maximum atomic E-state index is 12.4. The van der Waals surface area contributed by atoms with E-state index in [2.05, 4.69) is 32.2 Å². The smallest absolute Gasteiger partial charge is 0.307 e. The van der Waals surface area contributed by atoms with Gasteiger partial charge in [0.05, 0.1) is 6.54 Å². The van der Waals surface area contributed by atoms with Gasteiger partial charge in [-0.2, -0.15) is 13.2 Å². The molecule has 1 aliphatic rings. The van der Waals surface area contributed by atoms with E-state index in [9.17, 15) is 13.2 Å². The van der Waals surface area contributed by atoms with Crippen LogP contribution in [0.4, 0.5) is 13.2 Å². The van der Waals surface area contributed by atoms with Crippen LogP contribution in [0.1, 0.15) is 41.1 Å². The van der Waals surface area contributed by atoms with Crippen LogP contribution in [0.2, 0.25) is 0 Å². The van der Waals surface area contributed by atoms with Crippen molar-refractivity contribution in [1.29, 1.82) is 0 Å². The topological polar surface area (TPSA) is 15.3 Å². The van der Waals surface area contributed by atoms with E-state index in [4.69, 9.17) is 0 Å². The summed E-state index contributed by atoms with van der Waals surface area (Å²) in [7, 11) is 0. The molecule has 1 atom stereocenters. The summed E-state index contributed by atoms with van der Waals surface area (Å²) in [6, 6.07) is 2.77. The predicted octanol–water partition coefficient (Wildman–Crippen LogP) is 4.04. The molecular formula is C15H23F3N2S. The van der Waals surface area contributed by atoms with Crippen LogP contribution >= 0.6 is 11.3 Å². The Hall–Kier alpha value is -0.590. The summed E-state index contributed by atoms with van der Waals surface area (Å²) < 4.78 is 37.1. The Morgan fingerprint density at radius 2 is 1.95 bits per heavy atom. The Balaban J connectivity index is 1.82. The minimum absolute atomic E-state index is 0.258. The average Bonchev–Trinajstić information content (AvgIpc) is 2.69. The second-order valence-electron chi connectivity index (χ2n) is 5.92. The Morgan fingerprint density at radius 3 is 2.43 bits per heavy atom. The lowest BCUT2D eigenvalue weighted by atomic mass is 10.0. The molecule has 120 valence electrons. The number of likely N-dealkylation sites (tertiary alicyclic amines) is 1. The van der Waals surface area contributed by atoms with Crippen molar-refractivity contribution in [1.82, 2.24) is 10.2 Å². The lowest BCUT2D eigenvalue weighted by molar-refractivity contribution is -0.148. The molecule has 1 aromatic rings. The minimum Gasteiger partial charge on any atom is -0.307 e. The van der Waals surface area contributed by atoms with Gasteiger partial charge in [-0.25, -0.2) is 0 Å². The van der Waals surface area contributed by atoms with Gasteiger partial charge >= 0.3 is 6.18 Å². The van der Waals surface area contributed by atoms with Crippen LogP contribution in [0.3, 0.4) is 0 Å². The largest absolute Gasteiger partial charge is 0.401 e. The minimum atomic E-state index is -4.08. The monoisotopic (exact) mass is 320 g/mol. The number of rotatable bonds is 4. The van der Waals surface area contributed by atoms with Crippen molar-refractivity contribution >= 4 is 11.3 Å². The van der Waals surface area contributed by atoms with Crippen molar-refractivity contribution in [3.63, 3.8) is 0 Å². The van der Waals surface area contributed by atoms with Crippen molar-refractivity contribution in [2.24, 2.45) is 0 Å². The molecule has 1 saturated heterocycles. The number of piperidine rings is 1. The first-order valence-corrected chi connectivity index (χ1v) is 8.18. The fourth-order valence-corrected chi connectivity index (χ4v) is 4.06. The number of alkyl halides is 3. The van der Waals surface area contributed by atoms with E-state index >= 15 is 0 Å². The molecule has 0 spiro atoms. The van der Waals surface area contributed by atoms with Gasteiger partial charge in [0, 0.05) is 21.8 Å². The first kappa shape index (κ1) is 16.8. The average molecular weight is 320 g/mol. The predicted molar refractivity (Wildman–Crippen MR) is 80.9 cm³/mol. The number of hydrogen-bond acceptors (Lipinski definition) is 3. The molecule has 1 aliphatic heterocycles. The molecule has 1 unspecified atom stereocenters. The fourth-order valence-electron chi connectivity index (χ4n) is 3.04. The third kappa shape index (κ3) is 4.97. The maximum Gasteiger partial charge on any atom is 0.401 e. The summed E-state index contributed by atoms with van der Waals surface area (Å²) in [5.41, 5.74) is 1.32. The molecule has 6 heteroatoms. The summed E-state index contributed by atoms with van der Waals surface area (Å²) in [6.07, 6.45) is -2.52. The van der Waals surface area contributed by atoms with Gasteiger partial charge in [0.15, 0.2) is 0 Å². The third-order valence-electron chi connectivity index (χ3n) is 4.02. The molecule has 0 amide bonds. The second kappa shape index (κ2) is 6.67. The molecule has 2 nitrogen and oxygen atoms in total. The molecule has 0 radical (unpaired) electrons. The number of halogens is 3. The van der Waals surface area contributed by atoms with Crippen molar-refractivity contribution < 1.29 is 13.2 Å². The van der Waals surface area contributed by atoms with Gasteiger partial charge in [-0.1, -0.05) is 0 Å². The Kier molecular flexibility index (Phi) is 5.33. The number of aryl methyl sites for hydroxylation is 2. The summed E-state index contributed by atoms with van der Waals surface area (Å²) in [5, 5.41) is 3.57. The summed E-state index contributed by atoms with van der Waals surface area (Å²) in [6.45, 7) is 6.62. The van der Waals surface area contributed by atoms with Gasteiger partial charge in [-0.05, 0) is 58.3 Å². The van der Waals surface area contributed by atoms with Crippen molar-refractivity contribution in [2.45, 2.75) is 51.9 Å². The van der Waals surface area contributed by atoms with Gasteiger partial charge < -0.3 is 5.32 Å². The Bertz CT molecular complexity index is 462. The van der Waals surface area contributed by atoms with Gasteiger partial charge in [-0.15, -0.1) is 11.3 Å². The number of hydrogen-bond donors (Lipinski definition) is 1. The standard InChI is InChI=1S/C15H23F3N2S/c1-10-8-14(12(3)21-10)11(2)19-13-4-6-20(7-5-13)9-15(16,17)18/h8,11,13,19H,4-7,9H2,1-3H3. The fraction of sp³-hybridized carbons (Fsp3) is 0.733. The summed E-state index contributed by atoms with van der Waals surface area (Å²) in [4.78, 5) is 4.13. The first-order valence-electron chi connectivity index (χ1n) is 7.36. The van der Waals surface area contributed by atoms with Crippen LogP contribution in [0.5, 0.6) is 0 Å². The summed E-state index contributed by atoms with van der Waals surface area (Å²) >= 11 is 1.79. The summed E-state index contributed by atoms with van der Waals surface area (Å²) in [5.74, 6) is 0. The van der Waals surface area contributed by atoms with Crippen molar-refractivity contribution in [3.05, 3.63) is 21.4 Å². The van der Waals surface area contributed by atoms with E-state index in [1.165, 1.54) is 20.2 Å². The molecule has 0 aromatic carbocycles. The quantitative estimate of drug-likeness (QED) is 0.900. The van der Waals surface area contributed by atoms with Crippen LogP contribution in [0.15, 0.2) is 6.07 Å². The van der Waals surface area contributed by atoms with E-state index in [1.54, 1.807) is 11.3 Å². The van der Waals surface area contributed by atoms with E-state index in [-0.39, 0.29) is 6.04 Å². The number of thiophene rings is 1. The number of nitrogens with zero attached hydrogens (tertiary/aromatic N) is 1. The zero-order chi connectivity index (χ0) is 15.6. The molecule has 0 bridgehead atoms. The van der Waals surface area contributed by atoms with Gasteiger partial charge in [0.25, 0.3) is 0 Å². The zero-order valence-corrected chi connectivity index (χ0v) is 13.6. The van der Waals surface area contributed by atoms with E-state index in [0.717, 1.165) is 12.8 Å². The molecule has 0 aliphatic carbocycles. The van der Waals surface area contributed by atoms with Crippen LogP contribution in [-0.4, -0.2) is 36.8 Å². The Morgan fingerprint density at radius 1 is 1.33 bits per heavy atom. The molecule has 21 heavy (non-hydrogen) atoms. The zero-order valence-electron chi connectivity index (χ0n) is 12.8. The van der Waals surface area contributed by atoms with Crippen LogP contribution in [0, 0.1) is 13.8 Å². The molecular weight excluding hydrogens is 297 g/mol. The van der Waals surface area contributed by atoms with Crippen LogP contribution < -0.4 is 5.32 Å². The Labute approximate surface area is 128 Å². The molecule has 2 rings (SSSR count). The van der Waals surface area contributed by atoms with E-state index in [0.29, 0.717) is 19.1 Å². The van der Waals surface area contributed by atoms with E-state index in [1.807, 2.05) is 0 Å². The van der Waals surface area contributed by atoms with E-state index < -0.39 is 12.7 Å². The molecule has 2 heterocycles. The highest BCUT2D eigenvalue weighted by Gasteiger charge is 2.32. The molecule has 1 aromatic heterocycles. The number of nitrogens with one attached hydrogen (secondary N) is 1. The van der Waals surface area contributed by atoms with Gasteiger partial charge in [0.2, 0.25) is 0 Å². The molecule has 0 saturated carbocycles. The van der Waals surface area contributed by atoms with Crippen molar-refractivity contribution in [3.8, 4) is 0 Å². The SMILES string of the molecule is Cc1cc(C(C)NC2CCN(CC(F)(F)F)CC2)c(C)s1. The normalized spacial score (nSPS) is 19.9. The van der Waals surface area contributed by atoms with Crippen LogP contribution in [0.25, 0.3) is 0 Å². The highest BCUT2D eigenvalue weighted by atomic mass is 32.1. The van der Waals surface area contributed by atoms with Crippen molar-refractivity contribution in [2.75, 3.05) is 19.6 Å². The highest BCUT2D eigenvalue weighted by Crippen LogP contribution is 2.27.